The molecule has 0 atom stereocenters. The molecular weight excluding hydrogens is 507 g/mol. The van der Waals surface area contributed by atoms with Crippen LogP contribution in [0.1, 0.15) is 6.42 Å². The highest BCUT2D eigenvalue weighted by Gasteiger charge is 2.15. The fourth-order valence-electron chi connectivity index (χ4n) is 4.72. The van der Waals surface area contributed by atoms with Crippen molar-refractivity contribution < 1.29 is 13.9 Å². The predicted octanol–water partition coefficient (Wildman–Crippen LogP) is 5.32. The van der Waals surface area contributed by atoms with E-state index in [0.717, 1.165) is 50.4 Å². The lowest BCUT2D eigenvalue weighted by atomic mass is 10.0. The highest BCUT2D eigenvalue weighted by molar-refractivity contribution is 6.03. The molecule has 1 saturated heterocycles. The lowest BCUT2D eigenvalue weighted by Crippen LogP contribution is -2.44. The summed E-state index contributed by atoms with van der Waals surface area (Å²) in [6.07, 6.45) is 3.56. The Morgan fingerprint density at radius 3 is 2.70 bits per heavy atom. The molecule has 8 nitrogen and oxygen atoms in total. The summed E-state index contributed by atoms with van der Waals surface area (Å²) < 4.78 is 20.5. The van der Waals surface area contributed by atoms with Crippen molar-refractivity contribution in [2.45, 2.75) is 6.42 Å². The molecule has 1 fully saturated rings. The lowest BCUT2D eigenvalue weighted by molar-refractivity contribution is -0.111. The molecule has 40 heavy (non-hydrogen) atoms. The molecule has 0 spiro atoms. The molecule has 4 aromatic rings. The molecule has 0 bridgehead atoms. The second kappa shape index (κ2) is 12.7. The van der Waals surface area contributed by atoms with E-state index < -0.39 is 0 Å². The van der Waals surface area contributed by atoms with E-state index in [1.165, 1.54) is 18.5 Å². The van der Waals surface area contributed by atoms with Gasteiger partial charge in [0.05, 0.1) is 17.8 Å². The highest BCUT2D eigenvalue weighted by Crippen LogP contribution is 2.34. The zero-order valence-corrected chi connectivity index (χ0v) is 22.6. The van der Waals surface area contributed by atoms with Gasteiger partial charge >= 0.3 is 0 Å². The molecular formula is C31H33FN6O2. The van der Waals surface area contributed by atoms with E-state index in [9.17, 15) is 9.18 Å². The van der Waals surface area contributed by atoms with E-state index in [2.05, 4.69) is 44.0 Å². The summed E-state index contributed by atoms with van der Waals surface area (Å²) in [6, 6.07) is 17.7. The number of amides is 1. The van der Waals surface area contributed by atoms with Gasteiger partial charge in [-0.05, 0) is 49.4 Å². The largest absolute Gasteiger partial charge is 0.491 e. The fraction of sp³-hybridized carbons (Fsp3) is 0.258. The smallest absolute Gasteiger partial charge is 0.247 e. The molecule has 1 aliphatic rings. The average Bonchev–Trinajstić information content (AvgIpc) is 2.97. The number of ether oxygens (including phenoxy) is 1. The van der Waals surface area contributed by atoms with Crippen LogP contribution in [-0.4, -0.2) is 72.1 Å². The van der Waals surface area contributed by atoms with Crippen LogP contribution in [0.2, 0.25) is 0 Å². The summed E-state index contributed by atoms with van der Waals surface area (Å²) >= 11 is 0. The molecule has 5 rings (SSSR count). The Morgan fingerprint density at radius 1 is 1.07 bits per heavy atom. The summed E-state index contributed by atoms with van der Waals surface area (Å²) in [4.78, 5) is 25.9. The van der Waals surface area contributed by atoms with Crippen LogP contribution in [0.4, 0.5) is 21.6 Å². The summed E-state index contributed by atoms with van der Waals surface area (Å²) in [5, 5.41) is 6.88. The van der Waals surface area contributed by atoms with Crippen LogP contribution in [0.15, 0.2) is 79.6 Å². The number of benzene rings is 3. The molecule has 0 aliphatic carbocycles. The highest BCUT2D eigenvalue weighted by atomic mass is 19.1. The number of carbonyl (C=O) groups is 1. The molecule has 1 aliphatic heterocycles. The third-order valence-corrected chi connectivity index (χ3v) is 6.96. The van der Waals surface area contributed by atoms with E-state index in [4.69, 9.17) is 4.74 Å². The number of piperazine rings is 1. The molecule has 206 valence electrons. The van der Waals surface area contributed by atoms with Gasteiger partial charge in [0.1, 0.15) is 23.7 Å². The zero-order valence-electron chi connectivity index (χ0n) is 22.6. The second-order valence-electron chi connectivity index (χ2n) is 9.81. The standard InChI is InChI=1S/C31H33FN6O2/c1-3-30(39)36-28-19-25-27(20-29(28)40-17-7-12-38-15-13-37(2)14-16-38)33-21-34-31(25)35-23-9-6-8-22(18-23)24-10-4-5-11-26(24)32/h3-6,8-11,18-21H,1,7,12-17H2,2H3,(H,36,39)(H,33,34,35). The Bertz CT molecular complexity index is 1500. The Labute approximate surface area is 233 Å². The van der Waals surface area contributed by atoms with Gasteiger partial charge in [0, 0.05) is 55.4 Å². The van der Waals surface area contributed by atoms with Crippen LogP contribution in [-0.2, 0) is 4.79 Å². The first kappa shape index (κ1) is 27.2. The number of likely N-dealkylation sites (N-methyl/N-ethyl adjacent to an activating group) is 1. The van der Waals surface area contributed by atoms with Gasteiger partial charge in [0.2, 0.25) is 5.91 Å². The number of nitrogens with one attached hydrogen (secondary N) is 2. The van der Waals surface area contributed by atoms with Gasteiger partial charge in [-0.15, -0.1) is 0 Å². The number of aromatic nitrogens is 2. The summed E-state index contributed by atoms with van der Waals surface area (Å²) in [7, 11) is 2.15. The van der Waals surface area contributed by atoms with Gasteiger partial charge in [0.15, 0.2) is 0 Å². The van der Waals surface area contributed by atoms with Gasteiger partial charge in [-0.2, -0.15) is 0 Å². The van der Waals surface area contributed by atoms with Crippen molar-refractivity contribution in [3.63, 3.8) is 0 Å². The number of hydrogen-bond acceptors (Lipinski definition) is 7. The quantitative estimate of drug-likeness (QED) is 0.208. The van der Waals surface area contributed by atoms with Crippen LogP contribution in [0, 0.1) is 5.82 Å². The number of halogens is 1. The van der Waals surface area contributed by atoms with Gasteiger partial charge in [-0.1, -0.05) is 36.9 Å². The van der Waals surface area contributed by atoms with Gasteiger partial charge in [0.25, 0.3) is 0 Å². The number of hydrogen-bond donors (Lipinski definition) is 2. The predicted molar refractivity (Wildman–Crippen MR) is 158 cm³/mol. The van der Waals surface area contributed by atoms with E-state index in [1.807, 2.05) is 36.4 Å². The van der Waals surface area contributed by atoms with E-state index in [-0.39, 0.29) is 11.7 Å². The molecule has 9 heteroatoms. The van der Waals surface area contributed by atoms with Crippen LogP contribution in [0.3, 0.4) is 0 Å². The van der Waals surface area contributed by atoms with Gasteiger partial charge < -0.3 is 25.2 Å². The monoisotopic (exact) mass is 540 g/mol. The van der Waals surface area contributed by atoms with Crippen LogP contribution < -0.4 is 15.4 Å². The van der Waals surface area contributed by atoms with Crippen molar-refractivity contribution in [2.24, 2.45) is 0 Å². The number of anilines is 3. The summed E-state index contributed by atoms with van der Waals surface area (Å²) in [5.74, 6) is 0.454. The molecule has 0 radical (unpaired) electrons. The normalized spacial score (nSPS) is 14.2. The van der Waals surface area contributed by atoms with Crippen molar-refractivity contribution in [3.05, 3.63) is 85.5 Å². The van der Waals surface area contributed by atoms with Crippen molar-refractivity contribution in [1.29, 1.82) is 0 Å². The second-order valence-corrected chi connectivity index (χ2v) is 9.81. The van der Waals surface area contributed by atoms with E-state index in [0.29, 0.717) is 40.3 Å². The number of fused-ring (bicyclic) bond motifs is 1. The minimum atomic E-state index is -0.342. The molecule has 0 unspecified atom stereocenters. The molecule has 2 heterocycles. The topological polar surface area (TPSA) is 82.6 Å². The average molecular weight is 541 g/mol. The van der Waals surface area contributed by atoms with E-state index in [1.54, 1.807) is 18.2 Å². The molecule has 2 N–H and O–H groups in total. The molecule has 1 aromatic heterocycles. The minimum absolute atomic E-state index is 0.286. The maximum atomic E-state index is 14.4. The maximum Gasteiger partial charge on any atom is 0.247 e. The van der Waals surface area contributed by atoms with Crippen molar-refractivity contribution in [3.8, 4) is 16.9 Å². The van der Waals surface area contributed by atoms with Crippen molar-refractivity contribution >= 4 is 34.0 Å². The molecule has 3 aromatic carbocycles. The minimum Gasteiger partial charge on any atom is -0.491 e. The SMILES string of the molecule is C=CC(=O)Nc1cc2c(Nc3cccc(-c4ccccc4F)c3)ncnc2cc1OCCCN1CCN(C)CC1. The van der Waals surface area contributed by atoms with E-state index >= 15 is 0 Å². The Balaban J connectivity index is 1.37. The third kappa shape index (κ3) is 6.62. The number of rotatable bonds is 10. The lowest BCUT2D eigenvalue weighted by Gasteiger charge is -2.32. The Morgan fingerprint density at radius 2 is 1.90 bits per heavy atom. The van der Waals surface area contributed by atoms with Crippen LogP contribution >= 0.6 is 0 Å². The summed E-state index contributed by atoms with van der Waals surface area (Å²) in [5.41, 5.74) is 3.17. The van der Waals surface area contributed by atoms with Crippen molar-refractivity contribution in [2.75, 3.05) is 57.0 Å². The maximum absolute atomic E-state index is 14.4. The van der Waals surface area contributed by atoms with Gasteiger partial charge in [-0.3, -0.25) is 4.79 Å². The molecule has 0 saturated carbocycles. The Hall–Kier alpha value is -4.34. The van der Waals surface area contributed by atoms with Gasteiger partial charge in [-0.25, -0.2) is 14.4 Å². The number of nitrogens with zero attached hydrogens (tertiary/aromatic N) is 4. The fourth-order valence-corrected chi connectivity index (χ4v) is 4.72. The number of carbonyl (C=O) groups excluding carboxylic acids is 1. The molecule has 1 amide bonds. The zero-order chi connectivity index (χ0) is 27.9. The summed E-state index contributed by atoms with van der Waals surface area (Å²) in [6.45, 7) is 9.30. The Kier molecular flexibility index (Phi) is 8.63. The first-order chi connectivity index (χ1) is 19.5. The van der Waals surface area contributed by atoms with Crippen LogP contribution in [0.5, 0.6) is 5.75 Å². The first-order valence-corrected chi connectivity index (χ1v) is 13.4. The first-order valence-electron chi connectivity index (χ1n) is 13.4. The van der Waals surface area contributed by atoms with Crippen LogP contribution in [0.25, 0.3) is 22.0 Å². The van der Waals surface area contributed by atoms with Crippen molar-refractivity contribution in [1.82, 2.24) is 19.8 Å². The third-order valence-electron chi connectivity index (χ3n) is 6.96.